The number of hydrogen-bond donors (Lipinski definition) is 1. The molecule has 0 aliphatic carbocycles. The third-order valence-electron chi connectivity index (χ3n) is 4.76. The molecule has 0 unspecified atom stereocenters. The molecule has 4 rings (SSSR count). The van der Waals surface area contributed by atoms with Crippen LogP contribution in [0.25, 0.3) is 22.0 Å². The number of hydrogen-bond acceptors (Lipinski definition) is 2. The van der Waals surface area contributed by atoms with E-state index >= 15 is 0 Å². The van der Waals surface area contributed by atoms with Gasteiger partial charge in [-0.1, -0.05) is 35.9 Å². The monoisotopic (exact) mass is 406 g/mol. The fourth-order valence-corrected chi connectivity index (χ4v) is 3.52. The molecule has 0 saturated heterocycles. The molecule has 6 heteroatoms. The standard InChI is InChI=1S/C23H16ClFN2O2/c1-27-19-8-3-2-7-18(19)21(28)20(15-5-4-6-16(24)13-15)22(27)26-23(29)14-9-11-17(25)12-10-14/h2-13H,1H3,(H,26,29). The lowest BCUT2D eigenvalue weighted by atomic mass is 10.0. The summed E-state index contributed by atoms with van der Waals surface area (Å²) in [7, 11) is 1.77. The first kappa shape index (κ1) is 18.9. The Morgan fingerprint density at radius 2 is 1.72 bits per heavy atom. The van der Waals surface area contributed by atoms with Crippen molar-refractivity contribution in [1.82, 2.24) is 4.57 Å². The van der Waals surface area contributed by atoms with Gasteiger partial charge in [0.2, 0.25) is 0 Å². The number of benzene rings is 3. The lowest BCUT2D eigenvalue weighted by molar-refractivity contribution is 0.102. The first-order chi connectivity index (χ1) is 14.0. The maximum absolute atomic E-state index is 13.3. The van der Waals surface area contributed by atoms with Crippen molar-refractivity contribution in [2.45, 2.75) is 0 Å². The van der Waals surface area contributed by atoms with Gasteiger partial charge in [0.1, 0.15) is 11.6 Å². The van der Waals surface area contributed by atoms with E-state index in [1.165, 1.54) is 24.3 Å². The number of carbonyl (C=O) groups excluding carboxylic acids is 1. The number of aromatic nitrogens is 1. The number of amides is 1. The number of rotatable bonds is 3. The van der Waals surface area contributed by atoms with Crippen LogP contribution in [0.4, 0.5) is 10.2 Å². The van der Waals surface area contributed by atoms with Gasteiger partial charge in [-0.05, 0) is 54.1 Å². The average Bonchev–Trinajstić information content (AvgIpc) is 2.72. The topological polar surface area (TPSA) is 51.1 Å². The highest BCUT2D eigenvalue weighted by Gasteiger charge is 2.19. The molecule has 0 saturated carbocycles. The highest BCUT2D eigenvalue weighted by Crippen LogP contribution is 2.30. The Morgan fingerprint density at radius 3 is 2.45 bits per heavy atom. The van der Waals surface area contributed by atoms with E-state index in [4.69, 9.17) is 11.6 Å². The van der Waals surface area contributed by atoms with Crippen molar-refractivity contribution in [3.63, 3.8) is 0 Å². The smallest absolute Gasteiger partial charge is 0.256 e. The van der Waals surface area contributed by atoms with E-state index in [2.05, 4.69) is 5.32 Å². The van der Waals surface area contributed by atoms with Crippen molar-refractivity contribution in [2.24, 2.45) is 7.05 Å². The Labute approximate surface area is 171 Å². The fraction of sp³-hybridized carbons (Fsp3) is 0.0435. The molecule has 0 fully saturated rings. The number of aryl methyl sites for hydroxylation is 1. The van der Waals surface area contributed by atoms with Crippen LogP contribution in [0.5, 0.6) is 0 Å². The van der Waals surface area contributed by atoms with Gasteiger partial charge in [-0.2, -0.15) is 0 Å². The van der Waals surface area contributed by atoms with Gasteiger partial charge in [0.15, 0.2) is 5.43 Å². The number of pyridine rings is 1. The fourth-order valence-electron chi connectivity index (χ4n) is 3.33. The first-order valence-electron chi connectivity index (χ1n) is 8.90. The summed E-state index contributed by atoms with van der Waals surface area (Å²) in [6, 6.07) is 19.3. The summed E-state index contributed by atoms with van der Waals surface area (Å²) in [5, 5.41) is 3.84. The molecule has 1 N–H and O–H groups in total. The van der Waals surface area contributed by atoms with Crippen LogP contribution in [-0.2, 0) is 7.05 Å². The zero-order valence-electron chi connectivity index (χ0n) is 15.4. The predicted molar refractivity (Wildman–Crippen MR) is 114 cm³/mol. The minimum Gasteiger partial charge on any atom is -0.330 e. The van der Waals surface area contributed by atoms with Crippen molar-refractivity contribution >= 4 is 34.2 Å². The number of anilines is 1. The zero-order valence-corrected chi connectivity index (χ0v) is 16.2. The van der Waals surface area contributed by atoms with Gasteiger partial charge in [0.25, 0.3) is 5.91 Å². The molecule has 3 aromatic carbocycles. The quantitative estimate of drug-likeness (QED) is 0.505. The van der Waals surface area contributed by atoms with Gasteiger partial charge in [0, 0.05) is 23.0 Å². The van der Waals surface area contributed by atoms with Crippen molar-refractivity contribution in [2.75, 3.05) is 5.32 Å². The number of carbonyl (C=O) groups is 1. The van der Waals surface area contributed by atoms with Gasteiger partial charge >= 0.3 is 0 Å². The summed E-state index contributed by atoms with van der Waals surface area (Å²) >= 11 is 6.14. The summed E-state index contributed by atoms with van der Waals surface area (Å²) in [6.45, 7) is 0. The Kier molecular flexibility index (Phi) is 4.91. The lowest BCUT2D eigenvalue weighted by Gasteiger charge is -2.18. The van der Waals surface area contributed by atoms with E-state index in [1.54, 1.807) is 48.0 Å². The molecule has 0 radical (unpaired) electrons. The minimum absolute atomic E-state index is 0.213. The van der Waals surface area contributed by atoms with Gasteiger partial charge in [-0.3, -0.25) is 9.59 Å². The van der Waals surface area contributed by atoms with Crippen LogP contribution < -0.4 is 10.7 Å². The van der Waals surface area contributed by atoms with Crippen molar-refractivity contribution in [3.05, 3.63) is 99.4 Å². The van der Waals surface area contributed by atoms with Crippen LogP contribution in [0.15, 0.2) is 77.6 Å². The number of halogens is 2. The number of fused-ring (bicyclic) bond motifs is 1. The van der Waals surface area contributed by atoms with Crippen molar-refractivity contribution < 1.29 is 9.18 Å². The van der Waals surface area contributed by atoms with Crippen LogP contribution in [0.2, 0.25) is 5.02 Å². The van der Waals surface area contributed by atoms with E-state index in [-0.39, 0.29) is 11.0 Å². The summed E-state index contributed by atoms with van der Waals surface area (Å²) in [5.41, 5.74) is 1.68. The Balaban J connectivity index is 1.95. The van der Waals surface area contributed by atoms with Crippen LogP contribution in [0.3, 0.4) is 0 Å². The molecular weight excluding hydrogens is 391 g/mol. The van der Waals surface area contributed by atoms with E-state index in [1.807, 2.05) is 12.1 Å². The molecule has 0 spiro atoms. The second kappa shape index (κ2) is 7.53. The van der Waals surface area contributed by atoms with Crippen LogP contribution >= 0.6 is 11.6 Å². The molecule has 29 heavy (non-hydrogen) atoms. The SMILES string of the molecule is Cn1c(NC(=O)c2ccc(F)cc2)c(-c2cccc(Cl)c2)c(=O)c2ccccc21. The molecule has 1 heterocycles. The van der Waals surface area contributed by atoms with Crippen LogP contribution in [-0.4, -0.2) is 10.5 Å². The number of para-hydroxylation sites is 1. The summed E-state index contributed by atoms with van der Waals surface area (Å²) in [4.78, 5) is 26.1. The zero-order chi connectivity index (χ0) is 20.5. The molecule has 4 aromatic rings. The summed E-state index contributed by atoms with van der Waals surface area (Å²) < 4.78 is 15.0. The first-order valence-corrected chi connectivity index (χ1v) is 9.28. The molecule has 1 amide bonds. The molecule has 144 valence electrons. The van der Waals surface area contributed by atoms with Crippen LogP contribution in [0, 0.1) is 5.82 Å². The number of nitrogens with one attached hydrogen (secondary N) is 1. The second-order valence-corrected chi connectivity index (χ2v) is 7.04. The number of nitrogens with zero attached hydrogens (tertiary/aromatic N) is 1. The van der Waals surface area contributed by atoms with Crippen molar-refractivity contribution in [1.29, 1.82) is 0 Å². The molecule has 0 aliphatic heterocycles. The van der Waals surface area contributed by atoms with E-state index < -0.39 is 11.7 Å². The lowest BCUT2D eigenvalue weighted by Crippen LogP contribution is -2.21. The van der Waals surface area contributed by atoms with Crippen LogP contribution in [0.1, 0.15) is 10.4 Å². The molecule has 0 atom stereocenters. The highest BCUT2D eigenvalue weighted by atomic mass is 35.5. The normalized spacial score (nSPS) is 10.9. The molecule has 0 aliphatic rings. The highest BCUT2D eigenvalue weighted by molar-refractivity contribution is 6.30. The summed E-state index contributed by atoms with van der Waals surface area (Å²) in [6.07, 6.45) is 0. The third-order valence-corrected chi connectivity index (χ3v) is 5.00. The van der Waals surface area contributed by atoms with E-state index in [0.717, 1.165) is 0 Å². The van der Waals surface area contributed by atoms with E-state index in [0.29, 0.717) is 32.9 Å². The van der Waals surface area contributed by atoms with E-state index in [9.17, 15) is 14.0 Å². The molecular formula is C23H16ClFN2O2. The van der Waals surface area contributed by atoms with Gasteiger partial charge in [0.05, 0.1) is 11.1 Å². The molecule has 1 aromatic heterocycles. The Hall–Kier alpha value is -3.44. The molecule has 0 bridgehead atoms. The maximum Gasteiger partial charge on any atom is 0.256 e. The average molecular weight is 407 g/mol. The predicted octanol–water partition coefficient (Wildman–Crippen LogP) is 5.25. The van der Waals surface area contributed by atoms with Crippen molar-refractivity contribution in [3.8, 4) is 11.1 Å². The largest absolute Gasteiger partial charge is 0.330 e. The second-order valence-electron chi connectivity index (χ2n) is 6.60. The maximum atomic E-state index is 13.3. The molecule has 4 nitrogen and oxygen atoms in total. The van der Waals surface area contributed by atoms with Gasteiger partial charge < -0.3 is 9.88 Å². The Bertz CT molecular complexity index is 1300. The minimum atomic E-state index is -0.446. The third kappa shape index (κ3) is 3.52. The van der Waals surface area contributed by atoms with Gasteiger partial charge in [-0.15, -0.1) is 0 Å². The van der Waals surface area contributed by atoms with Gasteiger partial charge in [-0.25, -0.2) is 4.39 Å². The summed E-state index contributed by atoms with van der Waals surface area (Å²) in [5.74, 6) is -0.539. The Morgan fingerprint density at radius 1 is 1.00 bits per heavy atom.